The number of hydrogen-bond donors (Lipinski definition) is 0. The first-order chi connectivity index (χ1) is 18.0. The Morgan fingerprint density at radius 2 is 1.22 bits per heavy atom. The summed E-state index contributed by atoms with van der Waals surface area (Å²) in [7, 11) is 3.10. The van der Waals surface area contributed by atoms with Gasteiger partial charge in [-0.25, -0.2) is 9.59 Å². The molecule has 0 amide bonds. The van der Waals surface area contributed by atoms with Crippen LogP contribution in [0.3, 0.4) is 0 Å². The molecule has 0 saturated heterocycles. The van der Waals surface area contributed by atoms with Crippen molar-refractivity contribution in [3.63, 3.8) is 0 Å². The Morgan fingerprint density at radius 1 is 0.676 bits per heavy atom. The Hall–Kier alpha value is -4.91. The lowest BCUT2D eigenvalue weighted by atomic mass is 10.1. The van der Waals surface area contributed by atoms with E-state index in [1.807, 2.05) is 31.2 Å². The fraction of sp³-hybridized carbons (Fsp3) is 0.100. The van der Waals surface area contributed by atoms with Gasteiger partial charge in [-0.1, -0.05) is 18.2 Å². The highest BCUT2D eigenvalue weighted by molar-refractivity contribution is 5.94. The highest BCUT2D eigenvalue weighted by Gasteiger charge is 2.15. The minimum absolute atomic E-state index is 0.193. The molecule has 0 aliphatic heterocycles. The summed E-state index contributed by atoms with van der Waals surface area (Å²) in [4.78, 5) is 30.1. The zero-order valence-corrected chi connectivity index (χ0v) is 20.6. The summed E-state index contributed by atoms with van der Waals surface area (Å²) in [5.41, 5.74) is 3.01. The number of aryl methyl sites for hydroxylation is 1. The van der Waals surface area contributed by atoms with E-state index in [4.69, 9.17) is 18.9 Å². The smallest absolute Gasteiger partial charge is 0.343 e. The Labute approximate surface area is 214 Å². The number of aliphatic imine (C=N–C) groups is 1. The average Bonchev–Trinajstić information content (AvgIpc) is 2.93. The molecule has 4 aromatic carbocycles. The largest absolute Gasteiger partial charge is 0.497 e. The van der Waals surface area contributed by atoms with Crippen molar-refractivity contribution >= 4 is 23.8 Å². The molecule has 7 nitrogen and oxygen atoms in total. The summed E-state index contributed by atoms with van der Waals surface area (Å²) in [5, 5.41) is 0. The van der Waals surface area contributed by atoms with Crippen LogP contribution < -0.4 is 18.9 Å². The summed E-state index contributed by atoms with van der Waals surface area (Å²) >= 11 is 0. The van der Waals surface area contributed by atoms with Crippen LogP contribution in [0.15, 0.2) is 96.0 Å². The van der Waals surface area contributed by atoms with E-state index in [-0.39, 0.29) is 11.5 Å². The molecule has 0 aliphatic carbocycles. The zero-order valence-electron chi connectivity index (χ0n) is 20.6. The van der Waals surface area contributed by atoms with E-state index in [1.54, 1.807) is 81.1 Å². The lowest BCUT2D eigenvalue weighted by Gasteiger charge is -2.11. The molecule has 0 unspecified atom stereocenters. The van der Waals surface area contributed by atoms with E-state index in [0.717, 1.165) is 11.3 Å². The Morgan fingerprint density at radius 3 is 1.78 bits per heavy atom. The fourth-order valence-electron chi connectivity index (χ4n) is 3.40. The van der Waals surface area contributed by atoms with Crippen LogP contribution in [-0.4, -0.2) is 32.4 Å². The number of carbonyl (C=O) groups is 2. The summed E-state index contributed by atoms with van der Waals surface area (Å²) < 4.78 is 21.5. The van der Waals surface area contributed by atoms with Gasteiger partial charge in [-0.2, -0.15) is 0 Å². The minimum atomic E-state index is -0.577. The number of methoxy groups -OCH3 is 2. The Kier molecular flexibility index (Phi) is 7.95. The van der Waals surface area contributed by atoms with Crippen LogP contribution in [0.5, 0.6) is 23.0 Å². The van der Waals surface area contributed by atoms with Crippen LogP contribution in [-0.2, 0) is 0 Å². The van der Waals surface area contributed by atoms with Gasteiger partial charge in [-0.05, 0) is 79.2 Å². The first kappa shape index (κ1) is 25.2. The van der Waals surface area contributed by atoms with Crippen LogP contribution in [0, 0.1) is 6.92 Å². The predicted molar refractivity (Wildman–Crippen MR) is 141 cm³/mol. The fourth-order valence-corrected chi connectivity index (χ4v) is 3.40. The van der Waals surface area contributed by atoms with Crippen LogP contribution >= 0.6 is 0 Å². The lowest BCUT2D eigenvalue weighted by molar-refractivity contribution is 0.0732. The van der Waals surface area contributed by atoms with Crippen LogP contribution in [0.1, 0.15) is 31.8 Å². The van der Waals surface area contributed by atoms with Crippen molar-refractivity contribution in [1.82, 2.24) is 0 Å². The van der Waals surface area contributed by atoms with E-state index >= 15 is 0 Å². The third-order valence-electron chi connectivity index (χ3n) is 5.51. The van der Waals surface area contributed by atoms with Crippen LogP contribution in [0.25, 0.3) is 0 Å². The summed E-state index contributed by atoms with van der Waals surface area (Å²) in [6.07, 6.45) is 1.61. The van der Waals surface area contributed by atoms with Gasteiger partial charge in [-0.3, -0.25) is 4.99 Å². The lowest BCUT2D eigenvalue weighted by Crippen LogP contribution is -2.11. The SMILES string of the molecule is COc1ccc(C(=O)Oc2ccc(C=Nc3ccccc3C)c(OC(=O)c3ccc(OC)cc3)c2)cc1. The van der Waals surface area contributed by atoms with Crippen molar-refractivity contribution in [2.75, 3.05) is 14.2 Å². The third-order valence-corrected chi connectivity index (χ3v) is 5.51. The number of esters is 2. The molecule has 0 N–H and O–H groups in total. The Balaban J connectivity index is 1.62. The normalized spacial score (nSPS) is 10.7. The maximum atomic E-state index is 12.9. The van der Waals surface area contributed by atoms with Gasteiger partial charge < -0.3 is 18.9 Å². The van der Waals surface area contributed by atoms with Gasteiger partial charge in [0.15, 0.2) is 0 Å². The summed E-state index contributed by atoms with van der Waals surface area (Å²) in [6.45, 7) is 1.96. The molecule has 0 fully saturated rings. The highest BCUT2D eigenvalue weighted by Crippen LogP contribution is 2.27. The molecular weight excluding hydrogens is 470 g/mol. The topological polar surface area (TPSA) is 83.4 Å². The molecule has 4 aromatic rings. The van der Waals surface area contributed by atoms with Gasteiger partial charge in [0.05, 0.1) is 31.0 Å². The third kappa shape index (κ3) is 6.41. The van der Waals surface area contributed by atoms with E-state index in [2.05, 4.69) is 4.99 Å². The van der Waals surface area contributed by atoms with Crippen LogP contribution in [0.4, 0.5) is 5.69 Å². The molecule has 0 aromatic heterocycles. The van der Waals surface area contributed by atoms with Crippen molar-refractivity contribution < 1.29 is 28.5 Å². The van der Waals surface area contributed by atoms with Crippen LogP contribution in [0.2, 0.25) is 0 Å². The Bertz CT molecular complexity index is 1430. The molecular formula is C30H25NO6. The first-order valence-corrected chi connectivity index (χ1v) is 11.4. The van der Waals surface area contributed by atoms with Gasteiger partial charge in [0, 0.05) is 17.8 Å². The molecule has 0 atom stereocenters. The molecule has 0 saturated carbocycles. The van der Waals surface area contributed by atoms with Crippen molar-refractivity contribution in [2.24, 2.45) is 4.99 Å². The molecule has 0 radical (unpaired) electrons. The number of carbonyl (C=O) groups excluding carboxylic acids is 2. The van der Waals surface area contributed by atoms with E-state index < -0.39 is 11.9 Å². The van der Waals surface area contributed by atoms with Crippen molar-refractivity contribution in [3.05, 3.63) is 113 Å². The minimum Gasteiger partial charge on any atom is -0.497 e. The van der Waals surface area contributed by atoms with Gasteiger partial charge in [-0.15, -0.1) is 0 Å². The second kappa shape index (κ2) is 11.7. The molecule has 0 spiro atoms. The number of nitrogens with zero attached hydrogens (tertiary/aromatic N) is 1. The molecule has 0 heterocycles. The number of rotatable bonds is 8. The van der Waals surface area contributed by atoms with Crippen molar-refractivity contribution in [1.29, 1.82) is 0 Å². The van der Waals surface area contributed by atoms with Gasteiger partial charge in [0.2, 0.25) is 0 Å². The monoisotopic (exact) mass is 495 g/mol. The molecule has 186 valence electrons. The van der Waals surface area contributed by atoms with E-state index in [0.29, 0.717) is 28.2 Å². The average molecular weight is 496 g/mol. The highest BCUT2D eigenvalue weighted by atomic mass is 16.5. The van der Waals surface area contributed by atoms with E-state index in [9.17, 15) is 9.59 Å². The number of hydrogen-bond acceptors (Lipinski definition) is 7. The zero-order chi connectivity index (χ0) is 26.2. The quantitative estimate of drug-likeness (QED) is 0.164. The summed E-state index contributed by atoms with van der Waals surface area (Å²) in [6, 6.07) is 25.6. The predicted octanol–water partition coefficient (Wildman–Crippen LogP) is 6.20. The number of ether oxygens (including phenoxy) is 4. The van der Waals surface area contributed by atoms with Gasteiger partial charge >= 0.3 is 11.9 Å². The van der Waals surface area contributed by atoms with Crippen molar-refractivity contribution in [3.8, 4) is 23.0 Å². The van der Waals surface area contributed by atoms with E-state index in [1.165, 1.54) is 6.07 Å². The molecule has 0 aliphatic rings. The second-order valence-corrected chi connectivity index (χ2v) is 7.98. The van der Waals surface area contributed by atoms with Crippen molar-refractivity contribution in [2.45, 2.75) is 6.92 Å². The van der Waals surface area contributed by atoms with Gasteiger partial charge in [0.25, 0.3) is 0 Å². The molecule has 0 bridgehead atoms. The number of para-hydroxylation sites is 1. The van der Waals surface area contributed by atoms with Gasteiger partial charge in [0.1, 0.15) is 23.0 Å². The maximum absolute atomic E-state index is 12.9. The number of benzene rings is 4. The molecule has 37 heavy (non-hydrogen) atoms. The maximum Gasteiger partial charge on any atom is 0.343 e. The first-order valence-electron chi connectivity index (χ1n) is 11.4. The standard InChI is InChI=1S/C30H25NO6/c1-20-6-4-5-7-27(20)31-19-23-12-17-26(36-29(32)21-8-13-24(34-2)14-9-21)18-28(23)37-30(33)22-10-15-25(35-3)16-11-22/h4-19H,1-3H3. The molecule has 7 heteroatoms. The second-order valence-electron chi connectivity index (χ2n) is 7.98. The molecule has 4 rings (SSSR count). The summed E-state index contributed by atoms with van der Waals surface area (Å²) in [5.74, 6) is 0.518.